The number of pyridine rings is 1. The number of likely N-dealkylation sites (N-methyl/N-ethyl adjacent to an activating group) is 1. The maximum absolute atomic E-state index is 13.2. The maximum Gasteiger partial charge on any atom is 0.253 e. The number of fused-ring (bicyclic) bond motifs is 1. The third-order valence-electron chi connectivity index (χ3n) is 4.79. The highest BCUT2D eigenvalue weighted by atomic mass is 32.1. The molecule has 1 heterocycles. The molecule has 0 aliphatic heterocycles. The number of nitrogens with zero attached hydrogens (tertiary/aromatic N) is 1. The van der Waals surface area contributed by atoms with Crippen LogP contribution < -0.4 is 15.8 Å². The number of hydrogen-bond donors (Lipinski definition) is 3. The van der Waals surface area contributed by atoms with Gasteiger partial charge in [0.05, 0.1) is 39.2 Å². The van der Waals surface area contributed by atoms with Gasteiger partial charge < -0.3 is 20.1 Å². The van der Waals surface area contributed by atoms with Crippen LogP contribution in [0.2, 0.25) is 0 Å². The Morgan fingerprint density at radius 1 is 1.21 bits per heavy atom. The first-order valence-corrected chi connectivity index (χ1v) is 9.96. The highest BCUT2D eigenvalue weighted by Gasteiger charge is 2.15. The molecular formula is C22H26FN4OS+. The Bertz CT molecular complexity index is 1060. The summed E-state index contributed by atoms with van der Waals surface area (Å²) in [6.07, 6.45) is 0. The normalized spacial score (nSPS) is 11.1. The number of nitrogens with one attached hydrogen (secondary N) is 3. The van der Waals surface area contributed by atoms with Crippen molar-refractivity contribution in [1.29, 1.82) is 0 Å². The molecule has 29 heavy (non-hydrogen) atoms. The highest BCUT2D eigenvalue weighted by molar-refractivity contribution is 7.80. The smallest absolute Gasteiger partial charge is 0.253 e. The Morgan fingerprint density at radius 2 is 1.93 bits per heavy atom. The van der Waals surface area contributed by atoms with Crippen LogP contribution in [0.4, 0.5) is 10.1 Å². The Balaban J connectivity index is 1.85. The van der Waals surface area contributed by atoms with E-state index in [4.69, 9.17) is 12.2 Å². The zero-order valence-corrected chi connectivity index (χ0v) is 17.7. The number of H-pyrrole nitrogens is 1. The Kier molecular flexibility index (Phi) is 6.61. The molecule has 0 aliphatic carbocycles. The Morgan fingerprint density at radius 3 is 2.62 bits per heavy atom. The van der Waals surface area contributed by atoms with Crippen LogP contribution >= 0.6 is 12.2 Å². The van der Waals surface area contributed by atoms with E-state index in [0.29, 0.717) is 29.5 Å². The predicted molar refractivity (Wildman–Crippen MR) is 120 cm³/mol. The lowest BCUT2D eigenvalue weighted by atomic mass is 10.1. The van der Waals surface area contributed by atoms with Crippen LogP contribution in [-0.4, -0.2) is 42.2 Å². The minimum absolute atomic E-state index is 0.112. The van der Waals surface area contributed by atoms with E-state index in [1.165, 1.54) is 17.0 Å². The molecule has 0 saturated heterocycles. The molecule has 1 aromatic heterocycles. The van der Waals surface area contributed by atoms with Crippen LogP contribution in [0.15, 0.2) is 53.3 Å². The first kappa shape index (κ1) is 21.0. The fraction of sp³-hybridized carbons (Fsp3) is 0.273. The molecule has 7 heteroatoms. The third kappa shape index (κ3) is 5.40. The molecule has 0 amide bonds. The first-order chi connectivity index (χ1) is 13.8. The van der Waals surface area contributed by atoms with Gasteiger partial charge in [0, 0.05) is 11.3 Å². The molecule has 0 radical (unpaired) electrons. The molecule has 0 spiro atoms. The van der Waals surface area contributed by atoms with Crippen molar-refractivity contribution >= 4 is 33.9 Å². The van der Waals surface area contributed by atoms with Crippen molar-refractivity contribution in [2.75, 3.05) is 32.5 Å². The Labute approximate surface area is 175 Å². The van der Waals surface area contributed by atoms with Crippen molar-refractivity contribution < 1.29 is 9.29 Å². The second-order valence-corrected chi connectivity index (χ2v) is 7.87. The summed E-state index contributed by atoms with van der Waals surface area (Å²) < 4.78 is 13.2. The standard InChI is InChI=1S/C22H25FN4OS/c1-15-5-4-6-16-13-17(21(28)25-20(15)16)14-27(12-11-26(2)3)22(29)24-19-9-7-18(23)8-10-19/h4-10,13H,11-12,14H2,1-3H3,(H,24,29)(H,25,28)/p+1. The summed E-state index contributed by atoms with van der Waals surface area (Å²) in [7, 11) is 4.14. The molecule has 0 atom stereocenters. The summed E-state index contributed by atoms with van der Waals surface area (Å²) in [5, 5.41) is 4.65. The number of rotatable bonds is 6. The van der Waals surface area contributed by atoms with Gasteiger partial charge in [0.15, 0.2) is 5.11 Å². The lowest BCUT2D eigenvalue weighted by molar-refractivity contribution is -0.857. The number of aromatic amines is 1. The highest BCUT2D eigenvalue weighted by Crippen LogP contribution is 2.16. The molecule has 5 nitrogen and oxygen atoms in total. The van der Waals surface area contributed by atoms with Crippen molar-refractivity contribution in [2.24, 2.45) is 0 Å². The van der Waals surface area contributed by atoms with Gasteiger partial charge in [-0.15, -0.1) is 0 Å². The second kappa shape index (κ2) is 9.15. The molecular weight excluding hydrogens is 387 g/mol. The van der Waals surface area contributed by atoms with E-state index in [-0.39, 0.29) is 11.4 Å². The van der Waals surface area contributed by atoms with E-state index in [0.717, 1.165) is 23.0 Å². The number of aromatic nitrogens is 1. The summed E-state index contributed by atoms with van der Waals surface area (Å²) in [4.78, 5) is 18.9. The molecule has 0 saturated carbocycles. The molecule has 3 N–H and O–H groups in total. The first-order valence-electron chi connectivity index (χ1n) is 9.55. The summed E-state index contributed by atoms with van der Waals surface area (Å²) in [5.41, 5.74) is 3.14. The van der Waals surface area contributed by atoms with Crippen molar-refractivity contribution in [2.45, 2.75) is 13.5 Å². The van der Waals surface area contributed by atoms with Gasteiger partial charge in [-0.05, 0) is 60.4 Å². The average Bonchev–Trinajstić information content (AvgIpc) is 2.67. The number of halogens is 1. The minimum Gasteiger partial charge on any atom is -0.339 e. The fourth-order valence-electron chi connectivity index (χ4n) is 3.10. The Hall–Kier alpha value is -2.77. The minimum atomic E-state index is -0.299. The number of anilines is 1. The SMILES string of the molecule is Cc1cccc2cc(CN(CC[NH+](C)C)C(=S)Nc3ccc(F)cc3)c(=O)[nH]c12. The van der Waals surface area contributed by atoms with Crippen molar-refractivity contribution in [3.63, 3.8) is 0 Å². The van der Waals surface area contributed by atoms with Gasteiger partial charge in [0.25, 0.3) is 5.56 Å². The van der Waals surface area contributed by atoms with Crippen molar-refractivity contribution in [3.05, 3.63) is 75.8 Å². The quantitative estimate of drug-likeness (QED) is 0.543. The van der Waals surface area contributed by atoms with Crippen LogP contribution in [0.5, 0.6) is 0 Å². The van der Waals surface area contributed by atoms with Crippen LogP contribution in [0.1, 0.15) is 11.1 Å². The molecule has 2 aromatic carbocycles. The fourth-order valence-corrected chi connectivity index (χ4v) is 3.37. The van der Waals surface area contributed by atoms with Crippen LogP contribution in [-0.2, 0) is 6.54 Å². The van der Waals surface area contributed by atoms with Crippen LogP contribution in [0.3, 0.4) is 0 Å². The molecule has 0 bridgehead atoms. The van der Waals surface area contributed by atoms with Gasteiger partial charge in [-0.1, -0.05) is 18.2 Å². The zero-order chi connectivity index (χ0) is 21.0. The van der Waals surface area contributed by atoms with Gasteiger partial charge in [-0.3, -0.25) is 4.79 Å². The summed E-state index contributed by atoms with van der Waals surface area (Å²) in [6.45, 7) is 3.90. The molecule has 3 aromatic rings. The van der Waals surface area contributed by atoms with Crippen molar-refractivity contribution in [3.8, 4) is 0 Å². The van der Waals surface area contributed by atoms with E-state index in [1.54, 1.807) is 12.1 Å². The predicted octanol–water partition coefficient (Wildman–Crippen LogP) is 2.32. The summed E-state index contributed by atoms with van der Waals surface area (Å²) >= 11 is 5.60. The second-order valence-electron chi connectivity index (χ2n) is 7.48. The number of aryl methyl sites for hydroxylation is 1. The molecule has 3 rings (SSSR count). The number of hydrogen-bond acceptors (Lipinski definition) is 2. The number of thiocarbonyl (C=S) groups is 1. The zero-order valence-electron chi connectivity index (χ0n) is 16.9. The summed E-state index contributed by atoms with van der Waals surface area (Å²) in [5.74, 6) is -0.299. The van der Waals surface area contributed by atoms with E-state index < -0.39 is 0 Å². The van der Waals surface area contributed by atoms with E-state index >= 15 is 0 Å². The lowest BCUT2D eigenvalue weighted by Gasteiger charge is -2.26. The number of para-hydroxylation sites is 1. The van der Waals surface area contributed by atoms with Gasteiger partial charge >= 0.3 is 0 Å². The summed E-state index contributed by atoms with van der Waals surface area (Å²) in [6, 6.07) is 13.9. The van der Waals surface area contributed by atoms with Crippen molar-refractivity contribution in [1.82, 2.24) is 9.88 Å². The van der Waals surface area contributed by atoms with Gasteiger partial charge in [-0.25, -0.2) is 4.39 Å². The number of benzene rings is 2. The molecule has 0 aliphatic rings. The number of quaternary nitrogens is 1. The van der Waals surface area contributed by atoms with Gasteiger partial charge in [0.1, 0.15) is 5.82 Å². The maximum atomic E-state index is 13.2. The van der Waals surface area contributed by atoms with E-state index in [1.807, 2.05) is 36.1 Å². The third-order valence-corrected chi connectivity index (χ3v) is 5.15. The molecule has 0 unspecified atom stereocenters. The largest absolute Gasteiger partial charge is 0.339 e. The van der Waals surface area contributed by atoms with E-state index in [9.17, 15) is 9.18 Å². The molecule has 152 valence electrons. The van der Waals surface area contributed by atoms with Gasteiger partial charge in [0.2, 0.25) is 0 Å². The van der Waals surface area contributed by atoms with Crippen LogP contribution in [0.25, 0.3) is 10.9 Å². The van der Waals surface area contributed by atoms with E-state index in [2.05, 4.69) is 24.4 Å². The van der Waals surface area contributed by atoms with Gasteiger partial charge in [-0.2, -0.15) is 0 Å². The monoisotopic (exact) mass is 413 g/mol. The average molecular weight is 414 g/mol. The van der Waals surface area contributed by atoms with Crippen LogP contribution in [0, 0.1) is 12.7 Å². The lowest BCUT2D eigenvalue weighted by Crippen LogP contribution is -3.06. The topological polar surface area (TPSA) is 52.6 Å². The molecule has 0 fully saturated rings.